The molecule has 5 heteroatoms. The lowest BCUT2D eigenvalue weighted by Crippen LogP contribution is -2.47. The van der Waals surface area contributed by atoms with Crippen LogP contribution in [-0.4, -0.2) is 17.9 Å². The number of hydrazine groups is 1. The van der Waals surface area contributed by atoms with Crippen LogP contribution in [0.2, 0.25) is 0 Å². The van der Waals surface area contributed by atoms with E-state index in [1.54, 1.807) is 6.92 Å². The largest absolute Gasteiger partial charge is 0.481 e. The maximum Gasteiger partial charge on any atom is 0.279 e. The van der Waals surface area contributed by atoms with Crippen LogP contribution in [0.1, 0.15) is 12.5 Å². The Labute approximate surface area is 152 Å². The van der Waals surface area contributed by atoms with E-state index in [0.717, 1.165) is 16.3 Å². The van der Waals surface area contributed by atoms with Gasteiger partial charge in [0.2, 0.25) is 5.91 Å². The average Bonchev–Trinajstić information content (AvgIpc) is 2.66. The van der Waals surface area contributed by atoms with E-state index >= 15 is 0 Å². The first-order valence-electron chi connectivity index (χ1n) is 8.40. The summed E-state index contributed by atoms with van der Waals surface area (Å²) >= 11 is 0. The number of carbonyl (C=O) groups excluding carboxylic acids is 2. The highest BCUT2D eigenvalue weighted by atomic mass is 16.5. The number of hydrogen-bond donors (Lipinski definition) is 2. The van der Waals surface area contributed by atoms with Crippen LogP contribution < -0.4 is 15.6 Å². The van der Waals surface area contributed by atoms with Crippen molar-refractivity contribution in [2.45, 2.75) is 19.4 Å². The highest BCUT2D eigenvalue weighted by Crippen LogP contribution is 2.21. The number of hydrogen-bond acceptors (Lipinski definition) is 3. The molecule has 0 spiro atoms. The summed E-state index contributed by atoms with van der Waals surface area (Å²) in [6.07, 6.45) is -0.547. The first-order chi connectivity index (χ1) is 12.6. The summed E-state index contributed by atoms with van der Waals surface area (Å²) in [5, 5.41) is 2.14. The lowest BCUT2D eigenvalue weighted by atomic mass is 10.1. The SMILES string of the molecule is C[C@H](Oc1ccc2ccccc2c1)C(=O)NNC(=O)Cc1ccccc1. The second-order valence-corrected chi connectivity index (χ2v) is 5.97. The van der Waals surface area contributed by atoms with Crippen LogP contribution >= 0.6 is 0 Å². The van der Waals surface area contributed by atoms with E-state index in [4.69, 9.17) is 4.74 Å². The van der Waals surface area contributed by atoms with E-state index in [1.165, 1.54) is 0 Å². The molecule has 26 heavy (non-hydrogen) atoms. The molecule has 0 aliphatic heterocycles. The third kappa shape index (κ3) is 4.60. The van der Waals surface area contributed by atoms with Gasteiger partial charge in [0.05, 0.1) is 6.42 Å². The Hall–Kier alpha value is -3.34. The topological polar surface area (TPSA) is 67.4 Å². The second-order valence-electron chi connectivity index (χ2n) is 5.97. The molecule has 0 saturated heterocycles. The normalized spacial score (nSPS) is 11.6. The minimum atomic E-state index is -0.742. The van der Waals surface area contributed by atoms with Gasteiger partial charge in [-0.2, -0.15) is 0 Å². The lowest BCUT2D eigenvalue weighted by molar-refractivity contribution is -0.132. The number of carbonyl (C=O) groups is 2. The summed E-state index contributed by atoms with van der Waals surface area (Å²) in [6.45, 7) is 1.63. The molecule has 0 heterocycles. The van der Waals surface area contributed by atoms with Gasteiger partial charge >= 0.3 is 0 Å². The van der Waals surface area contributed by atoms with Crippen molar-refractivity contribution < 1.29 is 14.3 Å². The van der Waals surface area contributed by atoms with Crippen molar-refractivity contribution >= 4 is 22.6 Å². The van der Waals surface area contributed by atoms with E-state index in [9.17, 15) is 9.59 Å². The molecule has 0 aromatic heterocycles. The zero-order valence-electron chi connectivity index (χ0n) is 14.4. The van der Waals surface area contributed by atoms with Gasteiger partial charge in [-0.25, -0.2) is 0 Å². The predicted octanol–water partition coefficient (Wildman–Crippen LogP) is 3.00. The number of amides is 2. The van der Waals surface area contributed by atoms with Crippen molar-refractivity contribution in [3.05, 3.63) is 78.4 Å². The molecule has 2 N–H and O–H groups in total. The van der Waals surface area contributed by atoms with E-state index in [2.05, 4.69) is 10.9 Å². The highest BCUT2D eigenvalue weighted by molar-refractivity contribution is 5.86. The number of benzene rings is 3. The Morgan fingerprint density at radius 1 is 0.885 bits per heavy atom. The Bertz CT molecular complexity index is 909. The maximum atomic E-state index is 12.1. The minimum Gasteiger partial charge on any atom is -0.481 e. The summed E-state index contributed by atoms with van der Waals surface area (Å²) in [5.74, 6) is -0.107. The summed E-state index contributed by atoms with van der Waals surface area (Å²) in [4.78, 5) is 24.0. The number of rotatable bonds is 5. The fourth-order valence-corrected chi connectivity index (χ4v) is 2.56. The van der Waals surface area contributed by atoms with E-state index in [0.29, 0.717) is 5.75 Å². The molecule has 0 bridgehead atoms. The van der Waals surface area contributed by atoms with Gasteiger partial charge in [-0.15, -0.1) is 0 Å². The molecular weight excluding hydrogens is 328 g/mol. The smallest absolute Gasteiger partial charge is 0.279 e. The van der Waals surface area contributed by atoms with Crippen LogP contribution in [0, 0.1) is 0 Å². The third-order valence-corrected chi connectivity index (χ3v) is 3.94. The zero-order chi connectivity index (χ0) is 18.4. The maximum absolute atomic E-state index is 12.1. The Balaban J connectivity index is 1.51. The first-order valence-corrected chi connectivity index (χ1v) is 8.40. The van der Waals surface area contributed by atoms with Crippen LogP contribution in [0.5, 0.6) is 5.75 Å². The Kier molecular flexibility index (Phi) is 5.49. The molecule has 0 unspecified atom stereocenters. The van der Waals surface area contributed by atoms with E-state index in [1.807, 2.05) is 72.8 Å². The molecule has 3 aromatic carbocycles. The quantitative estimate of drug-likeness (QED) is 0.697. The van der Waals surface area contributed by atoms with Crippen molar-refractivity contribution in [1.82, 2.24) is 10.9 Å². The molecule has 3 aromatic rings. The fourth-order valence-electron chi connectivity index (χ4n) is 2.56. The molecule has 2 amide bonds. The van der Waals surface area contributed by atoms with Crippen molar-refractivity contribution in [2.75, 3.05) is 0 Å². The molecule has 0 aliphatic carbocycles. The number of fused-ring (bicyclic) bond motifs is 1. The average molecular weight is 348 g/mol. The molecule has 3 rings (SSSR count). The molecule has 1 atom stereocenters. The Morgan fingerprint density at radius 3 is 2.35 bits per heavy atom. The highest BCUT2D eigenvalue weighted by Gasteiger charge is 2.15. The zero-order valence-corrected chi connectivity index (χ0v) is 14.4. The van der Waals surface area contributed by atoms with Crippen molar-refractivity contribution in [3.63, 3.8) is 0 Å². The van der Waals surface area contributed by atoms with Crippen molar-refractivity contribution in [3.8, 4) is 5.75 Å². The number of ether oxygens (including phenoxy) is 1. The molecule has 0 fully saturated rings. The van der Waals surface area contributed by atoms with Gasteiger partial charge in [0, 0.05) is 0 Å². The van der Waals surface area contributed by atoms with Crippen LogP contribution in [0.4, 0.5) is 0 Å². The van der Waals surface area contributed by atoms with Crippen LogP contribution in [0.15, 0.2) is 72.8 Å². The van der Waals surface area contributed by atoms with Crippen LogP contribution in [0.3, 0.4) is 0 Å². The monoisotopic (exact) mass is 348 g/mol. The van der Waals surface area contributed by atoms with Gasteiger partial charge in [-0.3, -0.25) is 20.4 Å². The molecular formula is C21H20N2O3. The summed E-state index contributed by atoms with van der Waals surface area (Å²) < 4.78 is 5.67. The van der Waals surface area contributed by atoms with Gasteiger partial charge in [-0.1, -0.05) is 60.7 Å². The van der Waals surface area contributed by atoms with Crippen LogP contribution in [-0.2, 0) is 16.0 Å². The molecule has 0 aliphatic rings. The van der Waals surface area contributed by atoms with Gasteiger partial charge < -0.3 is 4.74 Å². The summed E-state index contributed by atoms with van der Waals surface area (Å²) in [6, 6.07) is 22.9. The fraction of sp³-hybridized carbons (Fsp3) is 0.143. The van der Waals surface area contributed by atoms with Gasteiger partial charge in [0.1, 0.15) is 5.75 Å². The molecule has 5 nitrogen and oxygen atoms in total. The lowest BCUT2D eigenvalue weighted by Gasteiger charge is -2.15. The molecule has 132 valence electrons. The predicted molar refractivity (Wildman–Crippen MR) is 100 cm³/mol. The first kappa shape index (κ1) is 17.5. The second kappa shape index (κ2) is 8.16. The van der Waals surface area contributed by atoms with Crippen molar-refractivity contribution in [1.29, 1.82) is 0 Å². The molecule has 0 saturated carbocycles. The third-order valence-electron chi connectivity index (χ3n) is 3.94. The summed E-state index contributed by atoms with van der Waals surface area (Å²) in [5.41, 5.74) is 5.68. The van der Waals surface area contributed by atoms with Gasteiger partial charge in [0.15, 0.2) is 6.10 Å². The minimum absolute atomic E-state index is 0.195. The summed E-state index contributed by atoms with van der Waals surface area (Å²) in [7, 11) is 0. The standard InChI is InChI=1S/C21H20N2O3/c1-15(26-19-12-11-17-9-5-6-10-18(17)14-19)21(25)23-22-20(24)13-16-7-3-2-4-8-16/h2-12,14-15H,13H2,1H3,(H,22,24)(H,23,25)/t15-/m0/s1. The van der Waals surface area contributed by atoms with Crippen LogP contribution in [0.25, 0.3) is 10.8 Å². The molecule has 0 radical (unpaired) electrons. The Morgan fingerprint density at radius 2 is 1.58 bits per heavy atom. The number of nitrogens with one attached hydrogen (secondary N) is 2. The van der Waals surface area contributed by atoms with Crippen molar-refractivity contribution in [2.24, 2.45) is 0 Å². The van der Waals surface area contributed by atoms with Gasteiger partial charge in [-0.05, 0) is 35.4 Å². The van der Waals surface area contributed by atoms with Gasteiger partial charge in [0.25, 0.3) is 5.91 Å². The van der Waals surface area contributed by atoms with E-state index in [-0.39, 0.29) is 12.3 Å². The van der Waals surface area contributed by atoms with E-state index < -0.39 is 12.0 Å².